The van der Waals surface area contributed by atoms with Crippen molar-refractivity contribution in [3.8, 4) is 11.5 Å². The Morgan fingerprint density at radius 2 is 1.81 bits per heavy atom. The number of nitrogens with zero attached hydrogens (tertiary/aromatic N) is 4. The fourth-order valence-corrected chi connectivity index (χ4v) is 3.65. The second kappa shape index (κ2) is 10.3. The Morgan fingerprint density at radius 1 is 1.06 bits per heavy atom. The maximum Gasteiger partial charge on any atom is 0.319 e. The van der Waals surface area contributed by atoms with E-state index in [4.69, 9.17) is 4.52 Å². The van der Waals surface area contributed by atoms with Gasteiger partial charge in [-0.25, -0.2) is 9.78 Å². The molecule has 1 fully saturated rings. The van der Waals surface area contributed by atoms with E-state index in [-0.39, 0.29) is 11.9 Å². The van der Waals surface area contributed by atoms with E-state index in [1.54, 1.807) is 0 Å². The highest BCUT2D eigenvalue weighted by molar-refractivity contribution is 5.89. The van der Waals surface area contributed by atoms with E-state index in [0.29, 0.717) is 23.9 Å². The van der Waals surface area contributed by atoms with Gasteiger partial charge in [0.25, 0.3) is 5.89 Å². The lowest BCUT2D eigenvalue weighted by Gasteiger charge is -2.21. The first-order chi connectivity index (χ1) is 15.6. The molecule has 0 bridgehead atoms. The average molecular weight is 435 g/mol. The van der Waals surface area contributed by atoms with Gasteiger partial charge in [-0.1, -0.05) is 37.9 Å². The number of hydrogen-bond acceptors (Lipinski definition) is 6. The third-order valence-corrected chi connectivity index (χ3v) is 5.54. The van der Waals surface area contributed by atoms with E-state index in [2.05, 4.69) is 30.7 Å². The zero-order chi connectivity index (χ0) is 22.3. The van der Waals surface area contributed by atoms with Crippen molar-refractivity contribution in [3.63, 3.8) is 0 Å². The summed E-state index contributed by atoms with van der Waals surface area (Å²) in [6.45, 7) is 6.58. The van der Waals surface area contributed by atoms with E-state index in [0.717, 1.165) is 30.0 Å². The number of carbonyl (C=O) groups is 1. The van der Waals surface area contributed by atoms with Crippen LogP contribution in [0.25, 0.3) is 11.5 Å². The molecule has 8 heteroatoms. The van der Waals surface area contributed by atoms with Crippen LogP contribution in [-0.2, 0) is 6.54 Å². The van der Waals surface area contributed by atoms with E-state index in [9.17, 15) is 4.79 Å². The van der Waals surface area contributed by atoms with Crippen LogP contribution in [0, 0.1) is 0 Å². The van der Waals surface area contributed by atoms with Gasteiger partial charge in [-0.05, 0) is 48.7 Å². The van der Waals surface area contributed by atoms with Crippen molar-refractivity contribution in [2.45, 2.75) is 52.0 Å². The number of hydrogen-bond donors (Lipinski definition) is 2. The van der Waals surface area contributed by atoms with E-state index >= 15 is 0 Å². The molecule has 0 saturated carbocycles. The molecule has 32 heavy (non-hydrogen) atoms. The number of urea groups is 1. The quantitative estimate of drug-likeness (QED) is 0.569. The summed E-state index contributed by atoms with van der Waals surface area (Å²) in [5.41, 5.74) is 2.46. The van der Waals surface area contributed by atoms with Crippen LogP contribution in [-0.4, -0.2) is 34.2 Å². The van der Waals surface area contributed by atoms with Crippen LogP contribution in [0.2, 0.25) is 0 Å². The normalized spacial score (nSPS) is 14.3. The Labute approximate surface area is 188 Å². The summed E-state index contributed by atoms with van der Waals surface area (Å²) in [6, 6.07) is 11.1. The van der Waals surface area contributed by atoms with Crippen molar-refractivity contribution in [2.24, 2.45) is 0 Å². The first-order valence-electron chi connectivity index (χ1n) is 11.3. The Balaban J connectivity index is 1.27. The summed E-state index contributed by atoms with van der Waals surface area (Å²) >= 11 is 0. The first kappa shape index (κ1) is 21.8. The molecule has 0 aliphatic carbocycles. The lowest BCUT2D eigenvalue weighted by Crippen LogP contribution is -2.28. The Kier molecular flexibility index (Phi) is 6.99. The van der Waals surface area contributed by atoms with Crippen LogP contribution in [0.5, 0.6) is 0 Å². The molecule has 3 heterocycles. The summed E-state index contributed by atoms with van der Waals surface area (Å²) in [5.74, 6) is 2.37. The highest BCUT2D eigenvalue weighted by atomic mass is 16.5. The van der Waals surface area contributed by atoms with Crippen molar-refractivity contribution in [2.75, 3.05) is 23.3 Å². The van der Waals surface area contributed by atoms with Crippen LogP contribution in [0.4, 0.5) is 16.3 Å². The van der Waals surface area contributed by atoms with Gasteiger partial charge >= 0.3 is 6.03 Å². The largest absolute Gasteiger partial charge is 0.357 e. The topological polar surface area (TPSA) is 96.2 Å². The first-order valence-corrected chi connectivity index (χ1v) is 11.3. The maximum atomic E-state index is 12.3. The van der Waals surface area contributed by atoms with Crippen LogP contribution < -0.4 is 15.5 Å². The summed E-state index contributed by atoms with van der Waals surface area (Å²) in [5, 5.41) is 9.69. The minimum atomic E-state index is -0.269. The molecule has 1 saturated heterocycles. The number of carbonyl (C=O) groups excluding carboxylic acids is 1. The van der Waals surface area contributed by atoms with Crippen molar-refractivity contribution < 1.29 is 9.32 Å². The molecule has 0 atom stereocenters. The molecule has 2 aromatic heterocycles. The molecular formula is C24H30N6O2. The number of rotatable bonds is 6. The van der Waals surface area contributed by atoms with Crippen LogP contribution in [0.3, 0.4) is 0 Å². The van der Waals surface area contributed by atoms with Gasteiger partial charge in [0.1, 0.15) is 5.82 Å². The third-order valence-electron chi connectivity index (χ3n) is 5.54. The number of nitrogens with one attached hydrogen (secondary N) is 2. The van der Waals surface area contributed by atoms with Crippen LogP contribution >= 0.6 is 0 Å². The molecule has 1 aliphatic heterocycles. The minimum absolute atomic E-state index is 0.206. The van der Waals surface area contributed by atoms with Gasteiger partial charge < -0.3 is 20.1 Å². The molecular weight excluding hydrogens is 404 g/mol. The predicted octanol–water partition coefficient (Wildman–Crippen LogP) is 4.96. The van der Waals surface area contributed by atoms with Gasteiger partial charge in [0.15, 0.2) is 5.82 Å². The van der Waals surface area contributed by atoms with Crippen molar-refractivity contribution >= 4 is 17.5 Å². The Bertz CT molecular complexity index is 1010. The molecule has 2 amide bonds. The van der Waals surface area contributed by atoms with E-state index < -0.39 is 0 Å². The summed E-state index contributed by atoms with van der Waals surface area (Å²) in [6.07, 6.45) is 6.88. The summed E-state index contributed by atoms with van der Waals surface area (Å²) < 4.78 is 5.30. The SMILES string of the molecule is CC(C)c1noc(-c2ccc(NC(=O)NCc3ccc(N4CCCCCC4)nc3)cc2)n1. The smallest absolute Gasteiger partial charge is 0.319 e. The van der Waals surface area contributed by atoms with Gasteiger partial charge in [-0.3, -0.25) is 0 Å². The summed E-state index contributed by atoms with van der Waals surface area (Å²) in [7, 11) is 0. The molecule has 0 radical (unpaired) electrons. The fraction of sp³-hybridized carbons (Fsp3) is 0.417. The monoisotopic (exact) mass is 434 g/mol. The second-order valence-electron chi connectivity index (χ2n) is 8.42. The molecule has 2 N–H and O–H groups in total. The number of benzene rings is 1. The molecule has 1 aliphatic rings. The van der Waals surface area contributed by atoms with E-state index in [1.165, 1.54) is 25.7 Å². The maximum absolute atomic E-state index is 12.3. The lowest BCUT2D eigenvalue weighted by atomic mass is 10.2. The molecule has 3 aromatic rings. The molecule has 0 unspecified atom stereocenters. The molecule has 1 aromatic carbocycles. The van der Waals surface area contributed by atoms with Crippen LogP contribution in [0.1, 0.15) is 56.8 Å². The zero-order valence-corrected chi connectivity index (χ0v) is 18.7. The average Bonchev–Trinajstić information content (AvgIpc) is 3.15. The van der Waals surface area contributed by atoms with Gasteiger partial charge in [0, 0.05) is 43.0 Å². The van der Waals surface area contributed by atoms with Crippen molar-refractivity contribution in [3.05, 3.63) is 54.0 Å². The number of pyridine rings is 1. The van der Waals surface area contributed by atoms with Gasteiger partial charge in [0.2, 0.25) is 0 Å². The van der Waals surface area contributed by atoms with E-state index in [1.807, 2.05) is 56.4 Å². The fourth-order valence-electron chi connectivity index (χ4n) is 3.65. The molecule has 8 nitrogen and oxygen atoms in total. The van der Waals surface area contributed by atoms with Crippen molar-refractivity contribution in [1.29, 1.82) is 0 Å². The Morgan fingerprint density at radius 3 is 2.44 bits per heavy atom. The number of amides is 2. The van der Waals surface area contributed by atoms with Crippen molar-refractivity contribution in [1.82, 2.24) is 20.4 Å². The molecule has 4 rings (SSSR count). The third kappa shape index (κ3) is 5.63. The van der Waals surface area contributed by atoms with Gasteiger partial charge in [-0.15, -0.1) is 0 Å². The molecule has 168 valence electrons. The number of anilines is 2. The standard InChI is InChI=1S/C24H30N6O2/c1-17(2)22-28-23(32-29-22)19-8-10-20(11-9-19)27-24(31)26-16-18-7-12-21(25-15-18)30-13-5-3-4-6-14-30/h7-12,15,17H,3-6,13-14,16H2,1-2H3,(H2,26,27,31). The highest BCUT2D eigenvalue weighted by Crippen LogP contribution is 2.22. The molecule has 0 spiro atoms. The predicted molar refractivity (Wildman–Crippen MR) is 125 cm³/mol. The highest BCUT2D eigenvalue weighted by Gasteiger charge is 2.12. The lowest BCUT2D eigenvalue weighted by molar-refractivity contribution is 0.251. The van der Waals surface area contributed by atoms with Gasteiger partial charge in [0.05, 0.1) is 0 Å². The van der Waals surface area contributed by atoms with Crippen LogP contribution in [0.15, 0.2) is 47.1 Å². The number of aromatic nitrogens is 3. The zero-order valence-electron chi connectivity index (χ0n) is 18.7. The Hall–Kier alpha value is -3.42. The van der Waals surface area contributed by atoms with Gasteiger partial charge in [-0.2, -0.15) is 4.98 Å². The minimum Gasteiger partial charge on any atom is -0.357 e. The summed E-state index contributed by atoms with van der Waals surface area (Å²) in [4.78, 5) is 23.6. The second-order valence-corrected chi connectivity index (χ2v) is 8.42.